The third-order valence-electron chi connectivity index (χ3n) is 5.14. The lowest BCUT2D eigenvalue weighted by Gasteiger charge is -2.32. The summed E-state index contributed by atoms with van der Waals surface area (Å²) in [5.41, 5.74) is 9.53. The van der Waals surface area contributed by atoms with Crippen molar-refractivity contribution < 1.29 is 13.8 Å². The lowest BCUT2D eigenvalue weighted by molar-refractivity contribution is -0.131. The molecular weight excluding hydrogens is 349 g/mol. The van der Waals surface area contributed by atoms with E-state index < -0.39 is 0 Å². The van der Waals surface area contributed by atoms with Gasteiger partial charge < -0.3 is 10.6 Å². The van der Waals surface area contributed by atoms with Crippen molar-refractivity contribution in [2.45, 2.75) is 32.1 Å². The molecule has 1 amide bonds. The van der Waals surface area contributed by atoms with Gasteiger partial charge in [-0.1, -0.05) is 10.3 Å². The molecule has 1 aliphatic heterocycles. The smallest absolute Gasteiger partial charge is 0.228 e. The number of hydrogen-bond donors (Lipinski definition) is 1. The molecule has 140 valence electrons. The van der Waals surface area contributed by atoms with Gasteiger partial charge in [0.1, 0.15) is 17.2 Å². The molecule has 3 aromatic rings. The van der Waals surface area contributed by atoms with Crippen LogP contribution in [0.4, 0.5) is 10.1 Å². The van der Waals surface area contributed by atoms with Crippen LogP contribution in [0.3, 0.4) is 0 Å². The number of halogens is 1. The topological polar surface area (TPSA) is 98.1 Å². The van der Waals surface area contributed by atoms with Crippen LogP contribution >= 0.6 is 0 Å². The largest absolute Gasteiger partial charge is 0.397 e. The summed E-state index contributed by atoms with van der Waals surface area (Å²) in [7, 11) is 0. The number of carbonyl (C=O) groups excluding carboxylic acids is 1. The number of nitrogens with zero attached hydrogens (tertiary/aromatic N) is 4. The first kappa shape index (κ1) is 17.4. The Morgan fingerprint density at radius 1 is 1.30 bits per heavy atom. The van der Waals surface area contributed by atoms with Gasteiger partial charge >= 0.3 is 0 Å². The van der Waals surface area contributed by atoms with Gasteiger partial charge in [0, 0.05) is 24.4 Å². The van der Waals surface area contributed by atoms with Gasteiger partial charge in [-0.2, -0.15) is 0 Å². The number of nitrogen functional groups attached to an aromatic ring is 1. The summed E-state index contributed by atoms with van der Waals surface area (Å²) in [4.78, 5) is 19.0. The Bertz CT molecular complexity index is 995. The summed E-state index contributed by atoms with van der Waals surface area (Å²) in [6.45, 7) is 3.04. The maximum absolute atomic E-state index is 13.4. The minimum atomic E-state index is -0.305. The summed E-state index contributed by atoms with van der Waals surface area (Å²) < 4.78 is 18.0. The minimum Gasteiger partial charge on any atom is -0.397 e. The predicted octanol–water partition coefficient (Wildman–Crippen LogP) is 2.60. The molecule has 1 saturated heterocycles. The molecular formula is C19H20FN5O2. The molecule has 2 aromatic heterocycles. The number of aryl methyl sites for hydroxylation is 1. The molecule has 7 nitrogen and oxygen atoms in total. The monoisotopic (exact) mass is 369 g/mol. The number of piperidine rings is 1. The molecule has 1 aromatic carbocycles. The Morgan fingerprint density at radius 3 is 2.78 bits per heavy atom. The van der Waals surface area contributed by atoms with E-state index in [4.69, 9.17) is 5.73 Å². The van der Waals surface area contributed by atoms with Crippen LogP contribution in [0.5, 0.6) is 0 Å². The van der Waals surface area contributed by atoms with E-state index in [0.29, 0.717) is 35.6 Å². The van der Waals surface area contributed by atoms with Gasteiger partial charge in [-0.25, -0.2) is 9.02 Å². The van der Waals surface area contributed by atoms with E-state index in [-0.39, 0.29) is 24.1 Å². The number of rotatable bonds is 3. The van der Waals surface area contributed by atoms with Gasteiger partial charge in [-0.15, -0.1) is 0 Å². The highest BCUT2D eigenvalue weighted by molar-refractivity contribution is 5.82. The van der Waals surface area contributed by atoms with E-state index in [2.05, 4.69) is 19.9 Å². The minimum absolute atomic E-state index is 0.0159. The van der Waals surface area contributed by atoms with Gasteiger partial charge in [0.15, 0.2) is 0 Å². The number of fused-ring (bicyclic) bond motifs is 1. The highest BCUT2D eigenvalue weighted by Crippen LogP contribution is 2.32. The van der Waals surface area contributed by atoms with E-state index in [1.165, 1.54) is 12.1 Å². The second kappa shape index (κ2) is 6.94. The summed E-state index contributed by atoms with van der Waals surface area (Å²) in [5, 5.41) is 8.17. The Hall–Kier alpha value is -3.03. The first-order chi connectivity index (χ1) is 13.0. The lowest BCUT2D eigenvalue weighted by Crippen LogP contribution is -2.39. The molecule has 27 heavy (non-hydrogen) atoms. The zero-order chi connectivity index (χ0) is 19.0. The van der Waals surface area contributed by atoms with Crippen LogP contribution in [-0.2, 0) is 11.2 Å². The number of hydrogen-bond acceptors (Lipinski definition) is 6. The van der Waals surface area contributed by atoms with Gasteiger partial charge in [-0.05, 0) is 44.0 Å². The van der Waals surface area contributed by atoms with Crippen molar-refractivity contribution in [2.75, 3.05) is 18.8 Å². The van der Waals surface area contributed by atoms with Crippen molar-refractivity contribution in [3.05, 3.63) is 47.2 Å². The first-order valence-electron chi connectivity index (χ1n) is 8.93. The summed E-state index contributed by atoms with van der Waals surface area (Å²) in [5.74, 6) is -0.109. The average Bonchev–Trinajstić information content (AvgIpc) is 3.06. The van der Waals surface area contributed by atoms with Crippen LogP contribution in [0.2, 0.25) is 0 Å². The summed E-state index contributed by atoms with van der Waals surface area (Å²) in [6.07, 6.45) is 1.76. The SMILES string of the molecule is Cc1nonc1CC(=O)N1CCC(c2nc3ccc(F)cc3cc2N)CC1. The Morgan fingerprint density at radius 2 is 2.07 bits per heavy atom. The first-order valence-corrected chi connectivity index (χ1v) is 8.93. The zero-order valence-corrected chi connectivity index (χ0v) is 15.0. The van der Waals surface area contributed by atoms with Crippen LogP contribution in [0.1, 0.15) is 35.8 Å². The molecule has 0 aliphatic carbocycles. The Balaban J connectivity index is 1.45. The fraction of sp³-hybridized carbons (Fsp3) is 0.368. The molecule has 0 bridgehead atoms. The third-order valence-corrected chi connectivity index (χ3v) is 5.14. The number of carbonyl (C=O) groups is 1. The van der Waals surface area contributed by atoms with Crippen LogP contribution in [0.25, 0.3) is 10.9 Å². The van der Waals surface area contributed by atoms with E-state index >= 15 is 0 Å². The number of likely N-dealkylation sites (tertiary alicyclic amines) is 1. The van der Waals surface area contributed by atoms with Crippen molar-refractivity contribution in [3.63, 3.8) is 0 Å². The van der Waals surface area contributed by atoms with Crippen molar-refractivity contribution in [3.8, 4) is 0 Å². The molecule has 2 N–H and O–H groups in total. The van der Waals surface area contributed by atoms with E-state index in [1.807, 2.05) is 4.90 Å². The standard InChI is InChI=1S/C19H20FN5O2/c1-11-17(24-27-23-11)10-18(26)25-6-4-12(5-7-25)19-15(21)9-13-8-14(20)2-3-16(13)22-19/h2-3,8-9,12H,4-7,10,21H2,1H3. The highest BCUT2D eigenvalue weighted by atomic mass is 19.1. The van der Waals surface area contributed by atoms with Gasteiger partial charge in [-0.3, -0.25) is 9.78 Å². The van der Waals surface area contributed by atoms with Gasteiger partial charge in [0.05, 0.1) is 23.3 Å². The molecule has 8 heteroatoms. The number of pyridine rings is 1. The zero-order valence-electron chi connectivity index (χ0n) is 15.0. The number of amides is 1. The van der Waals surface area contributed by atoms with Crippen molar-refractivity contribution in [2.24, 2.45) is 0 Å². The highest BCUT2D eigenvalue weighted by Gasteiger charge is 2.27. The second-order valence-electron chi connectivity index (χ2n) is 6.93. The van der Waals surface area contributed by atoms with Crippen molar-refractivity contribution in [1.29, 1.82) is 0 Å². The van der Waals surface area contributed by atoms with Crippen molar-refractivity contribution >= 4 is 22.5 Å². The fourth-order valence-corrected chi connectivity index (χ4v) is 3.57. The summed E-state index contributed by atoms with van der Waals surface area (Å²) in [6, 6.07) is 6.28. The number of benzene rings is 1. The van der Waals surface area contributed by atoms with Crippen LogP contribution in [0, 0.1) is 12.7 Å². The summed E-state index contributed by atoms with van der Waals surface area (Å²) >= 11 is 0. The molecule has 4 rings (SSSR count). The number of anilines is 1. The number of aromatic nitrogens is 3. The molecule has 0 atom stereocenters. The quantitative estimate of drug-likeness (QED) is 0.762. The molecule has 0 spiro atoms. The van der Waals surface area contributed by atoms with Crippen molar-refractivity contribution in [1.82, 2.24) is 20.2 Å². The predicted molar refractivity (Wildman–Crippen MR) is 97.4 cm³/mol. The van der Waals surface area contributed by atoms with Crippen LogP contribution < -0.4 is 5.73 Å². The molecule has 0 saturated carbocycles. The van der Waals surface area contributed by atoms with Gasteiger partial charge in [0.2, 0.25) is 5.91 Å². The normalized spacial score (nSPS) is 15.4. The van der Waals surface area contributed by atoms with E-state index in [1.54, 1.807) is 19.1 Å². The van der Waals surface area contributed by atoms with Crippen LogP contribution in [0.15, 0.2) is 28.9 Å². The molecule has 1 aliphatic rings. The van der Waals surface area contributed by atoms with Crippen LogP contribution in [-0.4, -0.2) is 39.2 Å². The number of nitrogens with two attached hydrogens (primary N) is 1. The maximum atomic E-state index is 13.4. The maximum Gasteiger partial charge on any atom is 0.228 e. The molecule has 1 fully saturated rings. The lowest BCUT2D eigenvalue weighted by atomic mass is 9.91. The Kier molecular flexibility index (Phi) is 4.47. The van der Waals surface area contributed by atoms with E-state index in [9.17, 15) is 9.18 Å². The van der Waals surface area contributed by atoms with E-state index in [0.717, 1.165) is 24.1 Å². The second-order valence-corrected chi connectivity index (χ2v) is 6.93. The fourth-order valence-electron chi connectivity index (χ4n) is 3.57. The Labute approximate surface area is 155 Å². The molecule has 0 radical (unpaired) electrons. The molecule has 3 heterocycles. The third kappa shape index (κ3) is 3.47. The van der Waals surface area contributed by atoms with Gasteiger partial charge in [0.25, 0.3) is 0 Å². The molecule has 0 unspecified atom stereocenters. The average molecular weight is 369 g/mol.